The second kappa shape index (κ2) is 6.20. The molecule has 94 valence electrons. The standard InChI is InChI=1S/C12H16O5/c1-8(11(13)15-3)4-5-9(2)12(14)17-7-10-6-16-10/h4-5,10H,6-7H2,1-3H3/b8-4+,9-5+. The van der Waals surface area contributed by atoms with Crippen LogP contribution in [-0.2, 0) is 23.8 Å². The number of epoxide rings is 1. The highest BCUT2D eigenvalue weighted by molar-refractivity contribution is 5.90. The average Bonchev–Trinajstić information content (AvgIpc) is 3.15. The van der Waals surface area contributed by atoms with E-state index in [2.05, 4.69) is 4.74 Å². The van der Waals surface area contributed by atoms with Crippen LogP contribution < -0.4 is 0 Å². The molecular formula is C12H16O5. The highest BCUT2D eigenvalue weighted by Crippen LogP contribution is 2.10. The Kier molecular flexibility index (Phi) is 4.90. The summed E-state index contributed by atoms with van der Waals surface area (Å²) in [6.45, 7) is 4.16. The average molecular weight is 240 g/mol. The highest BCUT2D eigenvalue weighted by Gasteiger charge is 2.24. The number of rotatable bonds is 5. The van der Waals surface area contributed by atoms with Gasteiger partial charge in [0.05, 0.1) is 13.7 Å². The maximum Gasteiger partial charge on any atom is 0.333 e. The van der Waals surface area contributed by atoms with Crippen LogP contribution >= 0.6 is 0 Å². The zero-order valence-electron chi connectivity index (χ0n) is 10.2. The molecule has 0 spiro atoms. The van der Waals surface area contributed by atoms with E-state index in [9.17, 15) is 9.59 Å². The number of allylic oxidation sites excluding steroid dienone is 2. The molecule has 0 amide bonds. The van der Waals surface area contributed by atoms with Crippen molar-refractivity contribution in [2.45, 2.75) is 20.0 Å². The van der Waals surface area contributed by atoms with E-state index in [0.717, 1.165) is 0 Å². The molecule has 0 saturated carbocycles. The molecule has 0 aliphatic carbocycles. The topological polar surface area (TPSA) is 65.1 Å². The predicted molar refractivity (Wildman–Crippen MR) is 60.2 cm³/mol. The van der Waals surface area contributed by atoms with E-state index in [1.54, 1.807) is 13.8 Å². The lowest BCUT2D eigenvalue weighted by atomic mass is 10.2. The van der Waals surface area contributed by atoms with E-state index in [1.807, 2.05) is 0 Å². The molecule has 1 saturated heterocycles. The lowest BCUT2D eigenvalue weighted by molar-refractivity contribution is -0.139. The first-order valence-electron chi connectivity index (χ1n) is 5.26. The van der Waals surface area contributed by atoms with Crippen LogP contribution in [0.2, 0.25) is 0 Å². The monoisotopic (exact) mass is 240 g/mol. The summed E-state index contributed by atoms with van der Waals surface area (Å²) in [7, 11) is 1.31. The molecule has 17 heavy (non-hydrogen) atoms. The minimum Gasteiger partial charge on any atom is -0.466 e. The quantitative estimate of drug-likeness (QED) is 0.310. The van der Waals surface area contributed by atoms with Gasteiger partial charge in [-0.25, -0.2) is 9.59 Å². The van der Waals surface area contributed by atoms with Crippen LogP contribution in [0.3, 0.4) is 0 Å². The fraction of sp³-hybridized carbons (Fsp3) is 0.500. The van der Waals surface area contributed by atoms with Crippen LogP contribution in [0.25, 0.3) is 0 Å². The molecule has 0 aromatic rings. The summed E-state index contributed by atoms with van der Waals surface area (Å²) in [6, 6.07) is 0. The number of esters is 2. The largest absolute Gasteiger partial charge is 0.466 e. The number of hydrogen-bond donors (Lipinski definition) is 0. The van der Waals surface area contributed by atoms with E-state index in [-0.39, 0.29) is 12.7 Å². The maximum absolute atomic E-state index is 11.4. The molecule has 1 unspecified atom stereocenters. The third-order valence-electron chi connectivity index (χ3n) is 2.22. The van der Waals surface area contributed by atoms with Gasteiger partial charge in [-0.05, 0) is 13.8 Å². The minimum absolute atomic E-state index is 0.0547. The molecule has 0 N–H and O–H groups in total. The third-order valence-corrected chi connectivity index (χ3v) is 2.22. The molecule has 1 heterocycles. The molecule has 0 aromatic carbocycles. The maximum atomic E-state index is 11.4. The molecule has 1 atom stereocenters. The summed E-state index contributed by atoms with van der Waals surface area (Å²) >= 11 is 0. The number of methoxy groups -OCH3 is 1. The van der Waals surface area contributed by atoms with Crippen molar-refractivity contribution < 1.29 is 23.8 Å². The Bertz CT molecular complexity index is 363. The number of carbonyl (C=O) groups excluding carboxylic acids is 2. The minimum atomic E-state index is -0.422. The smallest absolute Gasteiger partial charge is 0.333 e. The molecule has 1 fully saturated rings. The Hall–Kier alpha value is -1.62. The van der Waals surface area contributed by atoms with Gasteiger partial charge in [0.15, 0.2) is 0 Å². The van der Waals surface area contributed by atoms with E-state index >= 15 is 0 Å². The van der Waals surface area contributed by atoms with E-state index in [1.165, 1.54) is 19.3 Å². The first kappa shape index (κ1) is 13.4. The molecule has 0 bridgehead atoms. The fourth-order valence-electron chi connectivity index (χ4n) is 0.994. The van der Waals surface area contributed by atoms with Crippen molar-refractivity contribution in [3.05, 3.63) is 23.3 Å². The van der Waals surface area contributed by atoms with Gasteiger partial charge in [-0.15, -0.1) is 0 Å². The molecule has 5 heteroatoms. The SMILES string of the molecule is COC(=O)/C(C)=C/C=C(\C)C(=O)OCC1CO1. The van der Waals surface area contributed by atoms with E-state index in [0.29, 0.717) is 17.8 Å². The normalized spacial score (nSPS) is 19.8. The van der Waals surface area contributed by atoms with Gasteiger partial charge in [-0.3, -0.25) is 0 Å². The van der Waals surface area contributed by atoms with Crippen molar-refractivity contribution in [3.63, 3.8) is 0 Å². The van der Waals surface area contributed by atoms with Crippen molar-refractivity contribution >= 4 is 11.9 Å². The molecule has 5 nitrogen and oxygen atoms in total. The van der Waals surface area contributed by atoms with Crippen LogP contribution in [0, 0.1) is 0 Å². The van der Waals surface area contributed by atoms with Crippen molar-refractivity contribution in [1.82, 2.24) is 0 Å². The van der Waals surface area contributed by atoms with Crippen LogP contribution in [0.15, 0.2) is 23.3 Å². The predicted octanol–water partition coefficient (Wildman–Crippen LogP) is 0.994. The molecule has 0 radical (unpaired) electrons. The van der Waals surface area contributed by atoms with E-state index in [4.69, 9.17) is 9.47 Å². The second-order valence-electron chi connectivity index (χ2n) is 3.74. The number of hydrogen-bond acceptors (Lipinski definition) is 5. The van der Waals surface area contributed by atoms with Gasteiger partial charge >= 0.3 is 11.9 Å². The van der Waals surface area contributed by atoms with Crippen molar-refractivity contribution in [3.8, 4) is 0 Å². The molecule has 1 rings (SSSR count). The summed E-state index contributed by atoms with van der Waals surface area (Å²) in [4.78, 5) is 22.5. The third kappa shape index (κ3) is 4.82. The molecular weight excluding hydrogens is 224 g/mol. The van der Waals surface area contributed by atoms with Gasteiger partial charge < -0.3 is 14.2 Å². The van der Waals surface area contributed by atoms with Crippen LogP contribution in [0.5, 0.6) is 0 Å². The zero-order valence-corrected chi connectivity index (χ0v) is 10.2. The first-order valence-corrected chi connectivity index (χ1v) is 5.26. The van der Waals surface area contributed by atoms with E-state index < -0.39 is 11.9 Å². The van der Waals surface area contributed by atoms with Crippen molar-refractivity contribution in [2.75, 3.05) is 20.3 Å². The van der Waals surface area contributed by atoms with Crippen LogP contribution in [0.4, 0.5) is 0 Å². The van der Waals surface area contributed by atoms with Gasteiger partial charge in [0.2, 0.25) is 0 Å². The van der Waals surface area contributed by atoms with Gasteiger partial charge in [0.25, 0.3) is 0 Å². The summed E-state index contributed by atoms with van der Waals surface area (Å²) in [5.74, 6) is -0.830. The fourth-order valence-corrected chi connectivity index (χ4v) is 0.994. The Morgan fingerprint density at radius 3 is 2.24 bits per heavy atom. The van der Waals surface area contributed by atoms with Gasteiger partial charge in [-0.2, -0.15) is 0 Å². The lowest BCUT2D eigenvalue weighted by Crippen LogP contribution is -2.10. The Balaban J connectivity index is 2.45. The summed E-state index contributed by atoms with van der Waals surface area (Å²) < 4.78 is 14.4. The van der Waals surface area contributed by atoms with Gasteiger partial charge in [0.1, 0.15) is 12.7 Å². The molecule has 0 aromatic heterocycles. The summed E-state index contributed by atoms with van der Waals surface area (Å²) in [5, 5.41) is 0. The van der Waals surface area contributed by atoms with Crippen LogP contribution in [-0.4, -0.2) is 38.4 Å². The zero-order chi connectivity index (χ0) is 12.8. The Labute approximate surface area is 100 Å². The second-order valence-corrected chi connectivity index (χ2v) is 3.74. The molecule has 1 aliphatic heterocycles. The molecule has 1 aliphatic rings. The number of ether oxygens (including phenoxy) is 3. The first-order chi connectivity index (χ1) is 8.04. The van der Waals surface area contributed by atoms with Crippen molar-refractivity contribution in [1.29, 1.82) is 0 Å². The van der Waals surface area contributed by atoms with Crippen LogP contribution in [0.1, 0.15) is 13.8 Å². The Morgan fingerprint density at radius 2 is 1.76 bits per heavy atom. The summed E-state index contributed by atoms with van der Waals surface area (Å²) in [5.41, 5.74) is 0.846. The highest BCUT2D eigenvalue weighted by atomic mass is 16.6. The summed E-state index contributed by atoms with van der Waals surface area (Å²) in [6.07, 6.45) is 3.11. The van der Waals surface area contributed by atoms with Gasteiger partial charge in [0, 0.05) is 11.1 Å². The van der Waals surface area contributed by atoms with Gasteiger partial charge in [-0.1, -0.05) is 12.2 Å². The van der Waals surface area contributed by atoms with Crippen molar-refractivity contribution in [2.24, 2.45) is 0 Å². The lowest BCUT2D eigenvalue weighted by Gasteiger charge is -2.02. The number of carbonyl (C=O) groups is 2. The Morgan fingerprint density at radius 1 is 1.24 bits per heavy atom.